The van der Waals surface area contributed by atoms with Crippen LogP contribution in [0.4, 0.5) is 5.95 Å². The van der Waals surface area contributed by atoms with Crippen LogP contribution in [0.2, 0.25) is 0 Å². The molecule has 0 bridgehead atoms. The molecule has 0 spiro atoms. The molecule has 1 aromatic carbocycles. The second-order valence-corrected chi connectivity index (χ2v) is 8.02. The van der Waals surface area contributed by atoms with Crippen LogP contribution in [0.25, 0.3) is 11.0 Å². The number of nitrogens with zero attached hydrogens (tertiary/aromatic N) is 3. The molecule has 7 heteroatoms. The summed E-state index contributed by atoms with van der Waals surface area (Å²) in [6.07, 6.45) is 1.20. The van der Waals surface area contributed by atoms with E-state index >= 15 is 0 Å². The number of imidazole rings is 1. The van der Waals surface area contributed by atoms with Gasteiger partial charge in [0, 0.05) is 12.8 Å². The first-order valence-corrected chi connectivity index (χ1v) is 7.91. The maximum Gasteiger partial charge on any atom is 0.201 e. The summed E-state index contributed by atoms with van der Waals surface area (Å²) < 4.78 is 24.3. The minimum absolute atomic E-state index is 0.184. The predicted octanol–water partition coefficient (Wildman–Crippen LogP) is 1.31. The molecule has 0 atom stereocenters. The lowest BCUT2D eigenvalue weighted by Gasteiger charge is -2.23. The minimum atomic E-state index is -3.25. The number of rotatable bonds is 3. The molecule has 0 saturated carbocycles. The minimum Gasteiger partial charge on any atom is -0.369 e. The van der Waals surface area contributed by atoms with Crippen molar-refractivity contribution in [2.24, 2.45) is 0 Å². The molecule has 0 radical (unpaired) electrons. The molecule has 0 unspecified atom stereocenters. The highest BCUT2D eigenvalue weighted by Gasteiger charge is 2.32. The second-order valence-electron chi connectivity index (χ2n) is 5.37. The van der Waals surface area contributed by atoms with Crippen molar-refractivity contribution in [3.05, 3.63) is 23.8 Å². The number of nitrogens with two attached hydrogens (primary N) is 1. The second kappa shape index (κ2) is 4.49. The fourth-order valence-electron chi connectivity index (χ4n) is 1.92. The molecular formula is C13H16N4O2S. The van der Waals surface area contributed by atoms with Crippen molar-refractivity contribution >= 4 is 26.8 Å². The van der Waals surface area contributed by atoms with Crippen molar-refractivity contribution in [1.29, 1.82) is 5.26 Å². The van der Waals surface area contributed by atoms with Crippen molar-refractivity contribution in [3.8, 4) is 6.07 Å². The predicted molar refractivity (Wildman–Crippen MR) is 77.8 cm³/mol. The van der Waals surface area contributed by atoms with Crippen LogP contribution >= 0.6 is 0 Å². The number of nitriles is 1. The third kappa shape index (κ3) is 2.23. The monoisotopic (exact) mass is 292 g/mol. The van der Waals surface area contributed by atoms with E-state index in [9.17, 15) is 8.42 Å². The molecule has 1 heterocycles. The maximum absolute atomic E-state index is 11.8. The van der Waals surface area contributed by atoms with Gasteiger partial charge in [0.2, 0.25) is 5.95 Å². The Hall–Kier alpha value is -2.07. The van der Waals surface area contributed by atoms with E-state index in [0.29, 0.717) is 16.6 Å². The fraction of sp³-hybridized carbons (Fsp3) is 0.385. The van der Waals surface area contributed by atoms with Crippen LogP contribution in [0, 0.1) is 11.3 Å². The highest BCUT2D eigenvalue weighted by Crippen LogP contribution is 2.26. The average molecular weight is 292 g/mol. The number of benzene rings is 1. The molecule has 6 nitrogen and oxygen atoms in total. The largest absolute Gasteiger partial charge is 0.369 e. The molecule has 0 aliphatic rings. The summed E-state index contributed by atoms with van der Waals surface area (Å²) in [5.74, 6) is 0.208. The molecular weight excluding hydrogens is 276 g/mol. The van der Waals surface area contributed by atoms with E-state index in [4.69, 9.17) is 11.0 Å². The molecule has 0 fully saturated rings. The van der Waals surface area contributed by atoms with E-state index < -0.39 is 14.6 Å². The van der Waals surface area contributed by atoms with Crippen molar-refractivity contribution < 1.29 is 8.42 Å². The van der Waals surface area contributed by atoms with Crippen LogP contribution in [0.15, 0.2) is 18.2 Å². The van der Waals surface area contributed by atoms with Gasteiger partial charge >= 0.3 is 0 Å². The zero-order valence-corrected chi connectivity index (χ0v) is 12.4. The van der Waals surface area contributed by atoms with Gasteiger partial charge in [-0.05, 0) is 26.0 Å². The zero-order valence-electron chi connectivity index (χ0n) is 11.6. The Morgan fingerprint density at radius 2 is 2.10 bits per heavy atom. The van der Waals surface area contributed by atoms with Gasteiger partial charge in [-0.3, -0.25) is 0 Å². The first-order chi connectivity index (χ1) is 9.17. The summed E-state index contributed by atoms with van der Waals surface area (Å²) in [6, 6.07) is 7.21. The highest BCUT2D eigenvalue weighted by molar-refractivity contribution is 7.92. The van der Waals surface area contributed by atoms with Crippen molar-refractivity contribution in [3.63, 3.8) is 0 Å². The summed E-state index contributed by atoms with van der Waals surface area (Å²) in [5.41, 5.74) is 7.46. The molecule has 2 N–H and O–H groups in total. The lowest BCUT2D eigenvalue weighted by molar-refractivity contribution is 0.511. The van der Waals surface area contributed by atoms with Gasteiger partial charge in [-0.25, -0.2) is 13.4 Å². The summed E-state index contributed by atoms with van der Waals surface area (Å²) in [4.78, 5) is 4.17. The average Bonchev–Trinajstić information content (AvgIpc) is 2.64. The van der Waals surface area contributed by atoms with Crippen LogP contribution in [0.1, 0.15) is 19.4 Å². The van der Waals surface area contributed by atoms with Gasteiger partial charge in [-0.1, -0.05) is 6.07 Å². The first-order valence-electron chi connectivity index (χ1n) is 6.02. The summed E-state index contributed by atoms with van der Waals surface area (Å²) in [7, 11) is -3.25. The SMILES string of the molecule is CC(C)(Cn1c(N)nc2c(C#N)cccc21)S(C)(=O)=O. The molecule has 2 aromatic rings. The van der Waals surface area contributed by atoms with Crippen molar-refractivity contribution in [2.45, 2.75) is 25.1 Å². The molecule has 0 saturated heterocycles. The number of hydrogen-bond acceptors (Lipinski definition) is 5. The standard InChI is InChI=1S/C13H16N4O2S/c1-13(2,20(3,18)19)8-17-10-6-4-5-9(7-14)11(10)16-12(17)15/h4-6H,8H2,1-3H3,(H2,15,16). The Balaban J connectivity index is 2.63. The lowest BCUT2D eigenvalue weighted by Crippen LogP contribution is -2.36. The van der Waals surface area contributed by atoms with Crippen molar-refractivity contribution in [1.82, 2.24) is 9.55 Å². The third-order valence-corrected chi connectivity index (χ3v) is 5.61. The Bertz CT molecular complexity index is 813. The summed E-state index contributed by atoms with van der Waals surface area (Å²) >= 11 is 0. The number of para-hydroxylation sites is 1. The lowest BCUT2D eigenvalue weighted by atomic mass is 10.2. The normalized spacial score (nSPS) is 12.5. The maximum atomic E-state index is 11.8. The van der Waals surface area contributed by atoms with E-state index in [-0.39, 0.29) is 12.5 Å². The number of fused-ring (bicyclic) bond motifs is 1. The number of nitrogen functional groups attached to an aromatic ring is 1. The van der Waals surface area contributed by atoms with E-state index in [2.05, 4.69) is 11.1 Å². The van der Waals surface area contributed by atoms with Crippen LogP contribution in [-0.4, -0.2) is 29.0 Å². The molecule has 2 rings (SSSR count). The van der Waals surface area contributed by atoms with Gasteiger partial charge in [-0.15, -0.1) is 0 Å². The quantitative estimate of drug-likeness (QED) is 0.919. The smallest absolute Gasteiger partial charge is 0.201 e. The molecule has 0 aliphatic carbocycles. The van der Waals surface area contributed by atoms with Crippen LogP contribution in [0.5, 0.6) is 0 Å². The van der Waals surface area contributed by atoms with Crippen LogP contribution in [-0.2, 0) is 16.4 Å². The van der Waals surface area contributed by atoms with Gasteiger partial charge in [0.25, 0.3) is 0 Å². The number of anilines is 1. The van der Waals surface area contributed by atoms with Crippen LogP contribution < -0.4 is 5.73 Å². The molecule has 106 valence electrons. The number of sulfone groups is 1. The zero-order chi connectivity index (χ0) is 15.1. The topological polar surface area (TPSA) is 102 Å². The Morgan fingerprint density at radius 3 is 2.65 bits per heavy atom. The van der Waals surface area contributed by atoms with E-state index in [1.54, 1.807) is 36.6 Å². The Morgan fingerprint density at radius 1 is 1.45 bits per heavy atom. The third-order valence-electron chi connectivity index (χ3n) is 3.47. The molecule has 0 aliphatic heterocycles. The van der Waals surface area contributed by atoms with Gasteiger partial charge in [0.05, 0.1) is 15.8 Å². The molecule has 1 aromatic heterocycles. The van der Waals surface area contributed by atoms with Crippen LogP contribution in [0.3, 0.4) is 0 Å². The fourth-order valence-corrected chi connectivity index (χ4v) is 2.28. The van der Waals surface area contributed by atoms with E-state index in [1.165, 1.54) is 6.26 Å². The Kier molecular flexibility index (Phi) is 3.22. The van der Waals surface area contributed by atoms with E-state index in [0.717, 1.165) is 0 Å². The number of hydrogen-bond donors (Lipinski definition) is 1. The highest BCUT2D eigenvalue weighted by atomic mass is 32.2. The molecule has 20 heavy (non-hydrogen) atoms. The van der Waals surface area contributed by atoms with Gasteiger partial charge in [0.15, 0.2) is 9.84 Å². The van der Waals surface area contributed by atoms with Gasteiger partial charge < -0.3 is 10.3 Å². The van der Waals surface area contributed by atoms with Gasteiger partial charge in [0.1, 0.15) is 11.6 Å². The number of aromatic nitrogens is 2. The summed E-state index contributed by atoms with van der Waals surface area (Å²) in [6.45, 7) is 3.46. The van der Waals surface area contributed by atoms with E-state index in [1.807, 2.05) is 0 Å². The molecule has 0 amide bonds. The first kappa shape index (κ1) is 14.3. The van der Waals surface area contributed by atoms with Crippen molar-refractivity contribution in [2.75, 3.05) is 12.0 Å². The summed E-state index contributed by atoms with van der Waals surface area (Å²) in [5, 5.41) is 9.06. The Labute approximate surface area is 117 Å². The van der Waals surface area contributed by atoms with Gasteiger partial charge in [-0.2, -0.15) is 5.26 Å².